The normalized spacial score (nSPS) is 10.6. The molecule has 2 aromatic rings. The maximum Gasteiger partial charge on any atom is 0.347 e. The summed E-state index contributed by atoms with van der Waals surface area (Å²) in [4.78, 5) is 24.1. The minimum absolute atomic E-state index is 0.308. The molecule has 94 valence electrons. The molecule has 1 N–H and O–H groups in total. The molecule has 0 amide bonds. The minimum atomic E-state index is -0.923. The van der Waals surface area contributed by atoms with Gasteiger partial charge in [-0.2, -0.15) is 0 Å². The third kappa shape index (κ3) is 2.53. The van der Waals surface area contributed by atoms with Crippen LogP contribution in [-0.2, 0) is 6.42 Å². The molecule has 0 saturated carbocycles. The van der Waals surface area contributed by atoms with Crippen LogP contribution in [0.4, 0.5) is 0 Å². The Labute approximate surface area is 109 Å². The number of aromatic nitrogens is 3. The Hall–Kier alpha value is -1.82. The van der Waals surface area contributed by atoms with Crippen molar-refractivity contribution in [2.45, 2.75) is 26.7 Å². The van der Waals surface area contributed by atoms with Gasteiger partial charge in [0, 0.05) is 6.20 Å². The van der Waals surface area contributed by atoms with E-state index in [2.05, 4.69) is 15.0 Å². The molecule has 0 aliphatic heterocycles. The van der Waals surface area contributed by atoms with Gasteiger partial charge in [0.05, 0.1) is 5.69 Å². The number of rotatable bonds is 4. The molecule has 6 heteroatoms. The molecule has 0 aromatic carbocycles. The molecule has 0 saturated heterocycles. The fourth-order valence-electron chi connectivity index (χ4n) is 1.61. The lowest BCUT2D eigenvalue weighted by Crippen LogP contribution is -1.98. The second-order valence-corrected chi connectivity index (χ2v) is 4.84. The van der Waals surface area contributed by atoms with Crippen LogP contribution in [0.25, 0.3) is 10.7 Å². The van der Waals surface area contributed by atoms with E-state index in [1.807, 2.05) is 6.92 Å². The van der Waals surface area contributed by atoms with Crippen LogP contribution in [0.2, 0.25) is 0 Å². The molecule has 0 spiro atoms. The van der Waals surface area contributed by atoms with Gasteiger partial charge in [-0.1, -0.05) is 13.3 Å². The largest absolute Gasteiger partial charge is 0.477 e. The van der Waals surface area contributed by atoms with Crippen molar-refractivity contribution in [1.82, 2.24) is 15.0 Å². The Balaban J connectivity index is 2.46. The molecule has 0 fully saturated rings. The molecule has 0 aliphatic rings. The molecule has 0 bridgehead atoms. The lowest BCUT2D eigenvalue weighted by Gasteiger charge is -1.95. The number of aromatic carboxylic acids is 1. The molecule has 0 radical (unpaired) electrons. The first kappa shape index (κ1) is 12.6. The third-order valence-corrected chi connectivity index (χ3v) is 3.48. The van der Waals surface area contributed by atoms with E-state index in [9.17, 15) is 4.79 Å². The number of hydrogen-bond acceptors (Lipinski definition) is 5. The van der Waals surface area contributed by atoms with E-state index in [0.29, 0.717) is 33.5 Å². The fourth-order valence-corrected chi connectivity index (χ4v) is 2.53. The van der Waals surface area contributed by atoms with Crippen LogP contribution in [0.3, 0.4) is 0 Å². The first-order chi connectivity index (χ1) is 8.61. The van der Waals surface area contributed by atoms with E-state index >= 15 is 0 Å². The van der Waals surface area contributed by atoms with Gasteiger partial charge in [-0.25, -0.2) is 19.7 Å². The van der Waals surface area contributed by atoms with Gasteiger partial charge in [0.2, 0.25) is 0 Å². The summed E-state index contributed by atoms with van der Waals surface area (Å²) in [5.74, 6) is -0.274. The van der Waals surface area contributed by atoms with E-state index < -0.39 is 5.97 Å². The maximum absolute atomic E-state index is 11.1. The zero-order valence-electron chi connectivity index (χ0n) is 10.2. The zero-order valence-corrected chi connectivity index (χ0v) is 11.0. The second-order valence-electron chi connectivity index (χ2n) is 3.84. The summed E-state index contributed by atoms with van der Waals surface area (Å²) < 4.78 is 0. The Kier molecular flexibility index (Phi) is 3.66. The maximum atomic E-state index is 11.1. The topological polar surface area (TPSA) is 76.0 Å². The molecule has 18 heavy (non-hydrogen) atoms. The summed E-state index contributed by atoms with van der Waals surface area (Å²) in [6.45, 7) is 3.79. The Morgan fingerprint density at radius 3 is 2.83 bits per heavy atom. The van der Waals surface area contributed by atoms with Crippen molar-refractivity contribution in [3.8, 4) is 10.7 Å². The molecule has 0 unspecified atom stereocenters. The highest BCUT2D eigenvalue weighted by molar-refractivity contribution is 7.17. The SMILES string of the molecule is CCCc1nc(-c2ccnc(C)n2)sc1C(=O)O. The van der Waals surface area contributed by atoms with Gasteiger partial charge in [-0.15, -0.1) is 11.3 Å². The zero-order chi connectivity index (χ0) is 13.1. The lowest BCUT2D eigenvalue weighted by atomic mass is 10.2. The molecular weight excluding hydrogens is 250 g/mol. The van der Waals surface area contributed by atoms with Crippen molar-refractivity contribution in [3.63, 3.8) is 0 Å². The van der Waals surface area contributed by atoms with Crippen LogP contribution in [-0.4, -0.2) is 26.0 Å². The van der Waals surface area contributed by atoms with Crippen molar-refractivity contribution in [2.75, 3.05) is 0 Å². The second kappa shape index (κ2) is 5.22. The van der Waals surface area contributed by atoms with E-state index in [4.69, 9.17) is 5.11 Å². The van der Waals surface area contributed by atoms with Gasteiger partial charge < -0.3 is 5.11 Å². The number of carbonyl (C=O) groups is 1. The summed E-state index contributed by atoms with van der Waals surface area (Å²) in [5.41, 5.74) is 1.32. The van der Waals surface area contributed by atoms with Crippen LogP contribution < -0.4 is 0 Å². The van der Waals surface area contributed by atoms with Crippen LogP contribution in [0, 0.1) is 6.92 Å². The molecule has 2 heterocycles. The van der Waals surface area contributed by atoms with Crippen LogP contribution >= 0.6 is 11.3 Å². The first-order valence-corrected chi connectivity index (χ1v) is 6.46. The quantitative estimate of drug-likeness (QED) is 0.917. The Bertz CT molecular complexity index is 580. The Morgan fingerprint density at radius 1 is 1.44 bits per heavy atom. The van der Waals surface area contributed by atoms with E-state index in [1.165, 1.54) is 11.3 Å². The number of hydrogen-bond donors (Lipinski definition) is 1. The van der Waals surface area contributed by atoms with Crippen molar-refractivity contribution < 1.29 is 9.90 Å². The van der Waals surface area contributed by atoms with Gasteiger partial charge in [-0.3, -0.25) is 0 Å². The fraction of sp³-hybridized carbons (Fsp3) is 0.333. The molecule has 2 rings (SSSR count). The highest BCUT2D eigenvalue weighted by Gasteiger charge is 2.18. The molecule has 0 aliphatic carbocycles. The smallest absolute Gasteiger partial charge is 0.347 e. The van der Waals surface area contributed by atoms with Crippen LogP contribution in [0.1, 0.15) is 34.5 Å². The van der Waals surface area contributed by atoms with Crippen LogP contribution in [0.15, 0.2) is 12.3 Å². The van der Waals surface area contributed by atoms with Crippen molar-refractivity contribution >= 4 is 17.3 Å². The predicted molar refractivity (Wildman–Crippen MR) is 68.8 cm³/mol. The minimum Gasteiger partial charge on any atom is -0.477 e. The summed E-state index contributed by atoms with van der Waals surface area (Å²) in [7, 11) is 0. The summed E-state index contributed by atoms with van der Waals surface area (Å²) in [6.07, 6.45) is 3.19. The number of carboxylic acid groups (broad SMARTS) is 1. The summed E-state index contributed by atoms with van der Waals surface area (Å²) in [5, 5.41) is 9.78. The Morgan fingerprint density at radius 2 is 2.22 bits per heavy atom. The van der Waals surface area contributed by atoms with Crippen molar-refractivity contribution in [3.05, 3.63) is 28.7 Å². The van der Waals surface area contributed by atoms with Gasteiger partial charge in [0.15, 0.2) is 0 Å². The highest BCUT2D eigenvalue weighted by Crippen LogP contribution is 2.27. The number of thiazole rings is 1. The third-order valence-electron chi connectivity index (χ3n) is 2.37. The number of aryl methyl sites for hydroxylation is 2. The summed E-state index contributed by atoms with van der Waals surface area (Å²) in [6, 6.07) is 1.74. The molecule has 2 aromatic heterocycles. The predicted octanol–water partition coefficient (Wildman–Crippen LogP) is 2.56. The molecular formula is C12H13N3O2S. The van der Waals surface area contributed by atoms with Crippen molar-refractivity contribution in [1.29, 1.82) is 0 Å². The van der Waals surface area contributed by atoms with E-state index in [1.54, 1.807) is 19.2 Å². The first-order valence-electron chi connectivity index (χ1n) is 5.64. The van der Waals surface area contributed by atoms with Gasteiger partial charge in [0.25, 0.3) is 0 Å². The average Bonchev–Trinajstić information content (AvgIpc) is 2.74. The highest BCUT2D eigenvalue weighted by atomic mass is 32.1. The van der Waals surface area contributed by atoms with Gasteiger partial charge in [0.1, 0.15) is 21.4 Å². The monoisotopic (exact) mass is 263 g/mol. The standard InChI is InChI=1S/C12H13N3O2S/c1-3-4-8-10(12(16)17)18-11(15-8)9-5-6-13-7(2)14-9/h5-6H,3-4H2,1-2H3,(H,16,17). The lowest BCUT2D eigenvalue weighted by molar-refractivity contribution is 0.0700. The van der Waals surface area contributed by atoms with Crippen LogP contribution in [0.5, 0.6) is 0 Å². The van der Waals surface area contributed by atoms with Gasteiger partial charge >= 0.3 is 5.97 Å². The number of carboxylic acids is 1. The van der Waals surface area contributed by atoms with E-state index in [-0.39, 0.29) is 0 Å². The molecule has 5 nitrogen and oxygen atoms in total. The summed E-state index contributed by atoms with van der Waals surface area (Å²) >= 11 is 1.17. The molecule has 0 atom stereocenters. The van der Waals surface area contributed by atoms with Crippen molar-refractivity contribution in [2.24, 2.45) is 0 Å². The van der Waals surface area contributed by atoms with Gasteiger partial charge in [-0.05, 0) is 19.4 Å². The average molecular weight is 263 g/mol. The number of nitrogens with zero attached hydrogens (tertiary/aromatic N) is 3. The van der Waals surface area contributed by atoms with E-state index in [0.717, 1.165) is 6.42 Å².